The van der Waals surface area contributed by atoms with E-state index in [1.165, 1.54) is 19.1 Å². The molecule has 0 heterocycles. The van der Waals surface area contributed by atoms with Crippen LogP contribution in [0, 0.1) is 10.1 Å². The van der Waals surface area contributed by atoms with E-state index >= 15 is 0 Å². The second-order valence-corrected chi connectivity index (χ2v) is 3.96. The molecule has 0 bridgehead atoms. The molecule has 0 saturated heterocycles. The largest absolute Gasteiger partial charge is 0.389 e. The number of hydrogen-bond donors (Lipinski definition) is 4. The Hall–Kier alpha value is -2.03. The van der Waals surface area contributed by atoms with Gasteiger partial charge in [-0.1, -0.05) is 6.07 Å². The Morgan fingerprint density at radius 3 is 2.63 bits per heavy atom. The van der Waals surface area contributed by atoms with Crippen molar-refractivity contribution in [1.29, 1.82) is 0 Å². The lowest BCUT2D eigenvalue weighted by Gasteiger charge is -2.16. The van der Waals surface area contributed by atoms with Crippen LogP contribution in [0.15, 0.2) is 18.2 Å². The van der Waals surface area contributed by atoms with Crippen LogP contribution in [0.2, 0.25) is 0 Å². The first kappa shape index (κ1) is 15.0. The number of rotatable bonds is 5. The van der Waals surface area contributed by atoms with E-state index in [0.717, 1.165) is 6.07 Å². The molecule has 0 saturated carbocycles. The summed E-state index contributed by atoms with van der Waals surface area (Å²) in [5, 5.41) is 32.4. The molecule has 1 rings (SSSR count). The Labute approximate surface area is 109 Å². The van der Waals surface area contributed by atoms with Crippen molar-refractivity contribution in [2.24, 2.45) is 5.73 Å². The van der Waals surface area contributed by atoms with E-state index < -0.39 is 23.0 Å². The lowest BCUT2D eigenvalue weighted by molar-refractivity contribution is -0.384. The highest BCUT2D eigenvalue weighted by Crippen LogP contribution is 2.29. The van der Waals surface area contributed by atoms with Gasteiger partial charge in [0.05, 0.1) is 11.0 Å². The molecule has 8 nitrogen and oxygen atoms in total. The lowest BCUT2D eigenvalue weighted by atomic mass is 10.0. The number of carbonyl (C=O) groups is 1. The Morgan fingerprint density at radius 2 is 2.16 bits per heavy atom. The number of benzene rings is 1. The number of nitro benzene ring substituents is 1. The highest BCUT2D eigenvalue weighted by molar-refractivity contribution is 5.91. The van der Waals surface area contributed by atoms with Crippen LogP contribution in [0.1, 0.15) is 18.6 Å². The minimum absolute atomic E-state index is 0.0238. The van der Waals surface area contributed by atoms with Gasteiger partial charge in [0.25, 0.3) is 5.69 Å². The average Bonchev–Trinajstić information content (AvgIpc) is 2.36. The first-order valence-electron chi connectivity index (χ1n) is 5.49. The molecule has 0 spiro atoms. The second-order valence-electron chi connectivity index (χ2n) is 3.96. The fraction of sp³-hybridized carbons (Fsp3) is 0.364. The third kappa shape index (κ3) is 3.71. The number of aliphatic hydroxyl groups excluding tert-OH is 2. The van der Waals surface area contributed by atoms with Crippen LogP contribution in [-0.4, -0.2) is 33.7 Å². The van der Waals surface area contributed by atoms with Crippen LogP contribution in [0.4, 0.5) is 11.4 Å². The quantitative estimate of drug-likeness (QED) is 0.435. The molecule has 1 aromatic rings. The van der Waals surface area contributed by atoms with Crippen molar-refractivity contribution in [3.05, 3.63) is 33.9 Å². The molecular formula is C11H15N3O5. The van der Waals surface area contributed by atoms with Gasteiger partial charge in [0.2, 0.25) is 5.91 Å². The Kier molecular flexibility index (Phi) is 4.93. The van der Waals surface area contributed by atoms with Crippen molar-refractivity contribution in [3.63, 3.8) is 0 Å². The van der Waals surface area contributed by atoms with Crippen LogP contribution in [-0.2, 0) is 4.79 Å². The number of amides is 1. The number of nitrogens with two attached hydrogens (primary N) is 1. The summed E-state index contributed by atoms with van der Waals surface area (Å²) in [7, 11) is 0. The highest BCUT2D eigenvalue weighted by atomic mass is 16.6. The Bertz CT molecular complexity index is 491. The summed E-state index contributed by atoms with van der Waals surface area (Å²) in [6.45, 7) is 1.05. The monoisotopic (exact) mass is 269 g/mol. The summed E-state index contributed by atoms with van der Waals surface area (Å²) >= 11 is 0. The van der Waals surface area contributed by atoms with Crippen molar-refractivity contribution >= 4 is 17.3 Å². The van der Waals surface area contributed by atoms with Gasteiger partial charge in [0.1, 0.15) is 11.8 Å². The van der Waals surface area contributed by atoms with E-state index in [1.807, 2.05) is 0 Å². The van der Waals surface area contributed by atoms with Crippen LogP contribution in [0.5, 0.6) is 0 Å². The molecule has 0 fully saturated rings. The molecule has 19 heavy (non-hydrogen) atoms. The maximum Gasteiger partial charge on any atom is 0.293 e. The van der Waals surface area contributed by atoms with Gasteiger partial charge in [-0.15, -0.1) is 0 Å². The maximum absolute atomic E-state index is 10.9. The Morgan fingerprint density at radius 1 is 1.53 bits per heavy atom. The number of carbonyl (C=O) groups excluding carboxylic acids is 1. The van der Waals surface area contributed by atoms with Gasteiger partial charge in [0.15, 0.2) is 0 Å². The number of aliphatic hydroxyl groups is 2. The molecule has 2 unspecified atom stereocenters. The maximum atomic E-state index is 10.9. The summed E-state index contributed by atoms with van der Waals surface area (Å²) < 4.78 is 0. The molecule has 0 radical (unpaired) electrons. The zero-order valence-electron chi connectivity index (χ0n) is 10.2. The van der Waals surface area contributed by atoms with E-state index in [1.54, 1.807) is 0 Å². The topological polar surface area (TPSA) is 139 Å². The predicted octanol–water partition coefficient (Wildman–Crippen LogP) is -0.0938. The minimum Gasteiger partial charge on any atom is -0.389 e. The molecule has 8 heteroatoms. The van der Waals surface area contributed by atoms with Crippen LogP contribution in [0.3, 0.4) is 0 Å². The average molecular weight is 269 g/mol. The number of anilines is 1. The minimum atomic E-state index is -1.32. The molecule has 2 atom stereocenters. The van der Waals surface area contributed by atoms with Gasteiger partial charge in [-0.3, -0.25) is 14.9 Å². The number of nitrogens with zero attached hydrogens (tertiary/aromatic N) is 1. The molecule has 1 amide bonds. The van der Waals surface area contributed by atoms with Gasteiger partial charge in [-0.05, 0) is 11.6 Å². The van der Waals surface area contributed by atoms with Gasteiger partial charge < -0.3 is 21.3 Å². The number of hydrogen-bond acceptors (Lipinski definition) is 6. The van der Waals surface area contributed by atoms with Gasteiger partial charge in [0, 0.05) is 19.5 Å². The molecule has 0 aliphatic heterocycles. The van der Waals surface area contributed by atoms with Crippen molar-refractivity contribution in [2.75, 3.05) is 11.9 Å². The van der Waals surface area contributed by atoms with E-state index in [2.05, 4.69) is 5.32 Å². The van der Waals surface area contributed by atoms with Crippen molar-refractivity contribution in [2.45, 2.75) is 19.1 Å². The second kappa shape index (κ2) is 6.23. The third-order valence-electron chi connectivity index (χ3n) is 2.48. The smallest absolute Gasteiger partial charge is 0.293 e. The highest BCUT2D eigenvalue weighted by Gasteiger charge is 2.22. The number of nitrogens with one attached hydrogen (secondary N) is 1. The fourth-order valence-corrected chi connectivity index (χ4v) is 1.53. The van der Waals surface area contributed by atoms with Crippen molar-refractivity contribution < 1.29 is 19.9 Å². The van der Waals surface area contributed by atoms with Crippen molar-refractivity contribution in [3.8, 4) is 0 Å². The summed E-state index contributed by atoms with van der Waals surface area (Å²) in [4.78, 5) is 21.1. The summed E-state index contributed by atoms with van der Waals surface area (Å²) in [5.74, 6) is -0.446. The molecule has 5 N–H and O–H groups in total. The van der Waals surface area contributed by atoms with E-state index in [-0.39, 0.29) is 23.5 Å². The lowest BCUT2D eigenvalue weighted by Crippen LogP contribution is -2.27. The van der Waals surface area contributed by atoms with Crippen LogP contribution in [0.25, 0.3) is 0 Å². The van der Waals surface area contributed by atoms with E-state index in [9.17, 15) is 25.1 Å². The zero-order valence-corrected chi connectivity index (χ0v) is 10.2. The van der Waals surface area contributed by atoms with Gasteiger partial charge in [-0.2, -0.15) is 0 Å². The molecule has 1 aromatic carbocycles. The predicted molar refractivity (Wildman–Crippen MR) is 67.4 cm³/mol. The zero-order chi connectivity index (χ0) is 14.6. The standard InChI is InChI=1S/C11H15N3O5/c1-6(15)13-8-3-2-7(4-9(8)14(18)19)11(17)10(16)5-12/h2-4,10-11,16-17H,5,12H2,1H3,(H,13,15). The van der Waals surface area contributed by atoms with E-state index in [0.29, 0.717) is 0 Å². The van der Waals surface area contributed by atoms with Crippen LogP contribution >= 0.6 is 0 Å². The van der Waals surface area contributed by atoms with Crippen molar-refractivity contribution in [1.82, 2.24) is 0 Å². The summed E-state index contributed by atoms with van der Waals surface area (Å²) in [6.07, 6.45) is -2.54. The third-order valence-corrected chi connectivity index (χ3v) is 2.48. The van der Waals surface area contributed by atoms with Gasteiger partial charge >= 0.3 is 0 Å². The summed E-state index contributed by atoms with van der Waals surface area (Å²) in [6, 6.07) is 3.76. The van der Waals surface area contributed by atoms with E-state index in [4.69, 9.17) is 5.73 Å². The molecule has 0 aliphatic carbocycles. The summed E-state index contributed by atoms with van der Waals surface area (Å²) in [5.41, 5.74) is 5.01. The Balaban J connectivity index is 3.15. The first-order valence-corrected chi connectivity index (χ1v) is 5.49. The van der Waals surface area contributed by atoms with Crippen LogP contribution < -0.4 is 11.1 Å². The molecular weight excluding hydrogens is 254 g/mol. The normalized spacial score (nSPS) is 13.7. The first-order chi connectivity index (χ1) is 8.86. The molecule has 0 aromatic heterocycles. The SMILES string of the molecule is CC(=O)Nc1ccc(C(O)C(O)CN)cc1[N+](=O)[O-]. The fourth-order valence-electron chi connectivity index (χ4n) is 1.53. The van der Waals surface area contributed by atoms with Gasteiger partial charge in [-0.25, -0.2) is 0 Å². The molecule has 0 aliphatic rings. The molecule has 104 valence electrons. The number of nitro groups is 1.